The van der Waals surface area contributed by atoms with Gasteiger partial charge in [0.25, 0.3) is 0 Å². The average molecular weight is 316 g/mol. The molecule has 0 fully saturated rings. The monoisotopic (exact) mass is 315 g/mol. The summed E-state index contributed by atoms with van der Waals surface area (Å²) in [7, 11) is 0. The van der Waals surface area contributed by atoms with E-state index in [0.29, 0.717) is 10.0 Å². The van der Waals surface area contributed by atoms with Gasteiger partial charge in [0.05, 0.1) is 17.1 Å². The zero-order valence-electron chi connectivity index (χ0n) is 10.2. The predicted molar refractivity (Wildman–Crippen MR) is 76.8 cm³/mol. The third-order valence-electron chi connectivity index (χ3n) is 2.40. The SMILES string of the molecule is Cc1nc(CC(=O)OCc2ccc(Cl)cc2Cl)cs1. The van der Waals surface area contributed by atoms with Gasteiger partial charge in [-0.1, -0.05) is 29.3 Å². The summed E-state index contributed by atoms with van der Waals surface area (Å²) in [4.78, 5) is 15.9. The first-order valence-electron chi connectivity index (χ1n) is 5.55. The molecule has 0 spiro atoms. The molecule has 1 heterocycles. The highest BCUT2D eigenvalue weighted by Gasteiger charge is 2.09. The van der Waals surface area contributed by atoms with E-state index in [9.17, 15) is 4.79 Å². The number of rotatable bonds is 4. The zero-order valence-corrected chi connectivity index (χ0v) is 12.5. The Morgan fingerprint density at radius 3 is 2.84 bits per heavy atom. The normalized spacial score (nSPS) is 10.5. The lowest BCUT2D eigenvalue weighted by Gasteiger charge is -2.06. The van der Waals surface area contributed by atoms with E-state index < -0.39 is 0 Å². The van der Waals surface area contributed by atoms with E-state index in [1.807, 2.05) is 12.3 Å². The fourth-order valence-corrected chi connectivity index (χ4v) is 2.56. The van der Waals surface area contributed by atoms with E-state index in [1.54, 1.807) is 18.2 Å². The van der Waals surface area contributed by atoms with E-state index in [1.165, 1.54) is 11.3 Å². The van der Waals surface area contributed by atoms with Crippen molar-refractivity contribution in [2.75, 3.05) is 0 Å². The number of thiazole rings is 1. The molecule has 1 aromatic heterocycles. The minimum absolute atomic E-state index is 0.137. The highest BCUT2D eigenvalue weighted by molar-refractivity contribution is 7.09. The largest absolute Gasteiger partial charge is 0.460 e. The number of hydrogen-bond donors (Lipinski definition) is 0. The van der Waals surface area contributed by atoms with Gasteiger partial charge < -0.3 is 4.74 Å². The summed E-state index contributed by atoms with van der Waals surface area (Å²) < 4.78 is 5.16. The lowest BCUT2D eigenvalue weighted by molar-refractivity contribution is -0.144. The summed E-state index contributed by atoms with van der Waals surface area (Å²) in [6, 6.07) is 5.07. The highest BCUT2D eigenvalue weighted by Crippen LogP contribution is 2.21. The molecule has 2 rings (SSSR count). The molecule has 0 saturated carbocycles. The van der Waals surface area contributed by atoms with Gasteiger partial charge in [-0.25, -0.2) is 4.98 Å². The number of nitrogens with zero attached hydrogens (tertiary/aromatic N) is 1. The predicted octanol–water partition coefficient (Wildman–Crippen LogP) is 4.04. The van der Waals surface area contributed by atoms with Crippen molar-refractivity contribution >= 4 is 40.5 Å². The second-order valence-corrected chi connectivity index (χ2v) is 5.84. The second-order valence-electron chi connectivity index (χ2n) is 3.93. The highest BCUT2D eigenvalue weighted by atomic mass is 35.5. The van der Waals surface area contributed by atoms with Crippen LogP contribution in [0, 0.1) is 6.92 Å². The van der Waals surface area contributed by atoms with E-state index in [0.717, 1.165) is 16.3 Å². The minimum Gasteiger partial charge on any atom is -0.460 e. The van der Waals surface area contributed by atoms with E-state index in [-0.39, 0.29) is 19.0 Å². The van der Waals surface area contributed by atoms with Crippen LogP contribution >= 0.6 is 34.5 Å². The number of benzene rings is 1. The molecule has 0 N–H and O–H groups in total. The topological polar surface area (TPSA) is 39.2 Å². The standard InChI is InChI=1S/C13H11Cl2NO2S/c1-8-16-11(7-19-8)5-13(17)18-6-9-2-3-10(14)4-12(9)15/h2-4,7H,5-6H2,1H3. The Balaban J connectivity index is 1.89. The van der Waals surface area contributed by atoms with Crippen molar-refractivity contribution in [1.29, 1.82) is 0 Å². The number of aromatic nitrogens is 1. The van der Waals surface area contributed by atoms with Crippen LogP contribution in [0.15, 0.2) is 23.6 Å². The number of carbonyl (C=O) groups is 1. The smallest absolute Gasteiger partial charge is 0.312 e. The van der Waals surface area contributed by atoms with Crippen LogP contribution in [0.4, 0.5) is 0 Å². The van der Waals surface area contributed by atoms with Crippen LogP contribution in [0.25, 0.3) is 0 Å². The number of hydrogen-bond acceptors (Lipinski definition) is 4. The summed E-state index contributed by atoms with van der Waals surface area (Å²) >= 11 is 13.3. The van der Waals surface area contributed by atoms with Crippen molar-refractivity contribution in [3.05, 3.63) is 49.9 Å². The Labute approximate surface area is 125 Å². The number of esters is 1. The molecule has 0 unspecified atom stereocenters. The molecule has 19 heavy (non-hydrogen) atoms. The average Bonchev–Trinajstić information content (AvgIpc) is 2.73. The molecule has 0 radical (unpaired) electrons. The van der Waals surface area contributed by atoms with Crippen LogP contribution in [0.5, 0.6) is 0 Å². The second kappa shape index (κ2) is 6.37. The van der Waals surface area contributed by atoms with Crippen LogP contribution in [-0.2, 0) is 22.6 Å². The lowest BCUT2D eigenvalue weighted by Crippen LogP contribution is -2.08. The van der Waals surface area contributed by atoms with Gasteiger partial charge in [0.15, 0.2) is 0 Å². The van der Waals surface area contributed by atoms with Crippen LogP contribution in [-0.4, -0.2) is 11.0 Å². The molecule has 100 valence electrons. The van der Waals surface area contributed by atoms with Gasteiger partial charge in [-0.2, -0.15) is 0 Å². The molecule has 0 amide bonds. The molecule has 0 saturated heterocycles. The molecular weight excluding hydrogens is 305 g/mol. The maximum absolute atomic E-state index is 11.6. The third-order valence-corrected chi connectivity index (χ3v) is 3.81. The van der Waals surface area contributed by atoms with Gasteiger partial charge in [-0.3, -0.25) is 4.79 Å². The molecule has 0 bridgehead atoms. The van der Waals surface area contributed by atoms with Crippen molar-refractivity contribution in [2.45, 2.75) is 20.0 Å². The molecule has 1 aromatic carbocycles. The quantitative estimate of drug-likeness (QED) is 0.799. The fourth-order valence-electron chi connectivity index (χ4n) is 1.49. The lowest BCUT2D eigenvalue weighted by atomic mass is 10.2. The molecular formula is C13H11Cl2NO2S. The van der Waals surface area contributed by atoms with E-state index in [4.69, 9.17) is 27.9 Å². The van der Waals surface area contributed by atoms with Gasteiger partial charge in [0, 0.05) is 21.0 Å². The summed E-state index contributed by atoms with van der Waals surface area (Å²) in [6.07, 6.45) is 0.176. The Kier molecular flexibility index (Phi) is 4.80. The first kappa shape index (κ1) is 14.3. The van der Waals surface area contributed by atoms with E-state index >= 15 is 0 Å². The molecule has 6 heteroatoms. The number of halogens is 2. The van der Waals surface area contributed by atoms with Crippen LogP contribution in [0.1, 0.15) is 16.3 Å². The molecule has 0 aliphatic carbocycles. The number of carbonyl (C=O) groups excluding carboxylic acids is 1. The zero-order chi connectivity index (χ0) is 13.8. The van der Waals surface area contributed by atoms with Crippen molar-refractivity contribution < 1.29 is 9.53 Å². The Morgan fingerprint density at radius 1 is 1.42 bits per heavy atom. The summed E-state index contributed by atoms with van der Waals surface area (Å²) in [5.41, 5.74) is 1.46. The van der Waals surface area contributed by atoms with Crippen LogP contribution in [0.2, 0.25) is 10.0 Å². The van der Waals surface area contributed by atoms with Gasteiger partial charge in [-0.15, -0.1) is 11.3 Å². The first-order chi connectivity index (χ1) is 9.04. The summed E-state index contributed by atoms with van der Waals surface area (Å²) in [5, 5.41) is 3.83. The molecule has 0 atom stereocenters. The van der Waals surface area contributed by atoms with E-state index in [2.05, 4.69) is 4.98 Å². The Hall–Kier alpha value is -1.10. The first-order valence-corrected chi connectivity index (χ1v) is 7.18. The summed E-state index contributed by atoms with van der Waals surface area (Å²) in [5.74, 6) is -0.323. The van der Waals surface area contributed by atoms with Crippen molar-refractivity contribution in [2.24, 2.45) is 0 Å². The number of aryl methyl sites for hydroxylation is 1. The van der Waals surface area contributed by atoms with Crippen LogP contribution < -0.4 is 0 Å². The molecule has 2 aromatic rings. The maximum Gasteiger partial charge on any atom is 0.312 e. The Morgan fingerprint density at radius 2 is 2.21 bits per heavy atom. The third kappa shape index (κ3) is 4.20. The fraction of sp³-hybridized carbons (Fsp3) is 0.231. The van der Waals surface area contributed by atoms with Gasteiger partial charge in [0.2, 0.25) is 0 Å². The molecule has 0 aliphatic heterocycles. The molecule has 3 nitrogen and oxygen atoms in total. The van der Waals surface area contributed by atoms with Crippen molar-refractivity contribution in [3.8, 4) is 0 Å². The maximum atomic E-state index is 11.6. The summed E-state index contributed by atoms with van der Waals surface area (Å²) in [6.45, 7) is 2.03. The minimum atomic E-state index is -0.323. The van der Waals surface area contributed by atoms with Gasteiger partial charge in [-0.05, 0) is 19.1 Å². The van der Waals surface area contributed by atoms with Gasteiger partial charge >= 0.3 is 5.97 Å². The van der Waals surface area contributed by atoms with Gasteiger partial charge in [0.1, 0.15) is 6.61 Å². The Bertz CT molecular complexity index is 598. The molecule has 0 aliphatic rings. The number of ether oxygens (including phenoxy) is 1. The van der Waals surface area contributed by atoms with Crippen LogP contribution in [0.3, 0.4) is 0 Å². The van der Waals surface area contributed by atoms with Crippen molar-refractivity contribution in [3.63, 3.8) is 0 Å². The van der Waals surface area contributed by atoms with Crippen molar-refractivity contribution in [1.82, 2.24) is 4.98 Å².